The van der Waals surface area contributed by atoms with Crippen molar-refractivity contribution in [2.45, 2.75) is 25.9 Å². The second-order valence-corrected chi connectivity index (χ2v) is 5.48. The molecule has 1 fully saturated rings. The van der Waals surface area contributed by atoms with E-state index in [1.807, 2.05) is 12.1 Å². The number of esters is 1. The van der Waals surface area contributed by atoms with Crippen LogP contribution in [0, 0.1) is 5.92 Å². The van der Waals surface area contributed by atoms with Gasteiger partial charge in [-0.1, -0.05) is 6.07 Å². The highest BCUT2D eigenvalue weighted by atomic mass is 16.5. The van der Waals surface area contributed by atoms with E-state index in [0.717, 1.165) is 31.7 Å². The lowest BCUT2D eigenvalue weighted by Gasteiger charge is -2.32. The van der Waals surface area contributed by atoms with E-state index in [-0.39, 0.29) is 12.1 Å². The number of likely N-dealkylation sites (tertiary alicyclic amines) is 1. The molecule has 4 nitrogen and oxygen atoms in total. The maximum absolute atomic E-state index is 11.5. The van der Waals surface area contributed by atoms with Crippen molar-refractivity contribution in [2.75, 3.05) is 27.2 Å². The molecule has 1 saturated heterocycles. The minimum Gasteiger partial charge on any atom is -0.490 e. The van der Waals surface area contributed by atoms with Crippen molar-refractivity contribution in [3.63, 3.8) is 0 Å². The predicted octanol–water partition coefficient (Wildman–Crippen LogP) is 2.58. The van der Waals surface area contributed by atoms with E-state index in [1.165, 1.54) is 7.11 Å². The molecule has 20 heavy (non-hydrogen) atoms. The zero-order valence-electron chi connectivity index (χ0n) is 12.5. The number of rotatable bonds is 4. The number of methoxy groups -OCH3 is 1. The lowest BCUT2D eigenvalue weighted by atomic mass is 9.92. The van der Waals surface area contributed by atoms with Crippen molar-refractivity contribution in [1.82, 2.24) is 4.90 Å². The van der Waals surface area contributed by atoms with E-state index in [9.17, 15) is 4.79 Å². The van der Waals surface area contributed by atoms with Gasteiger partial charge in [0.2, 0.25) is 0 Å². The lowest BCUT2D eigenvalue weighted by Crippen LogP contribution is -2.36. The molecule has 1 aliphatic rings. The van der Waals surface area contributed by atoms with Gasteiger partial charge in [-0.25, -0.2) is 4.79 Å². The molecule has 0 bridgehead atoms. The van der Waals surface area contributed by atoms with E-state index in [0.29, 0.717) is 11.5 Å². The molecule has 0 aromatic heterocycles. The van der Waals surface area contributed by atoms with Gasteiger partial charge >= 0.3 is 5.97 Å². The molecule has 0 N–H and O–H groups in total. The Kier molecular flexibility index (Phi) is 5.01. The quantitative estimate of drug-likeness (QED) is 0.793. The SMILES string of the molecule is COC(=O)c1cccc(OC(C)C2CCN(C)CC2)c1. The molecule has 1 heterocycles. The maximum atomic E-state index is 11.5. The average Bonchev–Trinajstić information content (AvgIpc) is 2.47. The minimum absolute atomic E-state index is 0.164. The number of hydrogen-bond donors (Lipinski definition) is 0. The molecule has 1 unspecified atom stereocenters. The summed E-state index contributed by atoms with van der Waals surface area (Å²) < 4.78 is 10.7. The van der Waals surface area contributed by atoms with Crippen LogP contribution in [0.25, 0.3) is 0 Å². The van der Waals surface area contributed by atoms with Crippen molar-refractivity contribution >= 4 is 5.97 Å². The molecule has 1 aromatic carbocycles. The summed E-state index contributed by atoms with van der Waals surface area (Å²) in [6, 6.07) is 7.19. The zero-order chi connectivity index (χ0) is 14.5. The van der Waals surface area contributed by atoms with Gasteiger partial charge in [-0.2, -0.15) is 0 Å². The summed E-state index contributed by atoms with van der Waals surface area (Å²) in [5.41, 5.74) is 0.528. The summed E-state index contributed by atoms with van der Waals surface area (Å²) in [6.45, 7) is 4.36. The first-order chi connectivity index (χ1) is 9.60. The summed E-state index contributed by atoms with van der Waals surface area (Å²) in [5, 5.41) is 0. The molecule has 2 rings (SSSR count). The predicted molar refractivity (Wildman–Crippen MR) is 78.1 cm³/mol. The van der Waals surface area contributed by atoms with Crippen molar-refractivity contribution < 1.29 is 14.3 Å². The van der Waals surface area contributed by atoms with Crippen LogP contribution in [-0.4, -0.2) is 44.2 Å². The molecular formula is C16H23NO3. The van der Waals surface area contributed by atoms with E-state index in [4.69, 9.17) is 9.47 Å². The highest BCUT2D eigenvalue weighted by molar-refractivity contribution is 5.89. The van der Waals surface area contributed by atoms with Gasteiger partial charge in [-0.3, -0.25) is 0 Å². The van der Waals surface area contributed by atoms with E-state index in [1.54, 1.807) is 12.1 Å². The third-order valence-electron chi connectivity index (χ3n) is 4.00. The molecule has 1 atom stereocenters. The Bertz CT molecular complexity index is 453. The summed E-state index contributed by atoms with van der Waals surface area (Å²) in [7, 11) is 3.54. The van der Waals surface area contributed by atoms with Gasteiger partial charge in [0.05, 0.1) is 18.8 Å². The molecule has 0 radical (unpaired) electrons. The summed E-state index contributed by atoms with van der Waals surface area (Å²) in [4.78, 5) is 13.9. The fourth-order valence-corrected chi connectivity index (χ4v) is 2.62. The second-order valence-electron chi connectivity index (χ2n) is 5.48. The minimum atomic E-state index is -0.331. The van der Waals surface area contributed by atoms with Gasteiger partial charge in [0.1, 0.15) is 5.75 Å². The Morgan fingerprint density at radius 2 is 2.05 bits per heavy atom. The van der Waals surface area contributed by atoms with Gasteiger partial charge in [0, 0.05) is 0 Å². The van der Waals surface area contributed by atoms with Crippen LogP contribution in [0.1, 0.15) is 30.1 Å². The second kappa shape index (κ2) is 6.75. The Hall–Kier alpha value is -1.55. The molecule has 1 aliphatic heterocycles. The number of piperidine rings is 1. The molecule has 0 aliphatic carbocycles. The smallest absolute Gasteiger partial charge is 0.337 e. The molecule has 0 saturated carbocycles. The van der Waals surface area contributed by atoms with Crippen molar-refractivity contribution in [3.05, 3.63) is 29.8 Å². The summed E-state index contributed by atoms with van der Waals surface area (Å²) >= 11 is 0. The van der Waals surface area contributed by atoms with E-state index < -0.39 is 0 Å². The number of carbonyl (C=O) groups excluding carboxylic acids is 1. The number of ether oxygens (including phenoxy) is 2. The molecule has 0 spiro atoms. The average molecular weight is 277 g/mol. The fraction of sp³-hybridized carbons (Fsp3) is 0.562. The third kappa shape index (κ3) is 3.73. The van der Waals surface area contributed by atoms with Crippen molar-refractivity contribution in [1.29, 1.82) is 0 Å². The van der Waals surface area contributed by atoms with Crippen molar-refractivity contribution in [2.24, 2.45) is 5.92 Å². The first kappa shape index (κ1) is 14.9. The fourth-order valence-electron chi connectivity index (χ4n) is 2.62. The molecule has 4 heteroatoms. The Morgan fingerprint density at radius 1 is 1.35 bits per heavy atom. The number of carbonyl (C=O) groups is 1. The van der Waals surface area contributed by atoms with Gasteiger partial charge < -0.3 is 14.4 Å². The van der Waals surface area contributed by atoms with Gasteiger partial charge in [-0.15, -0.1) is 0 Å². The van der Waals surface area contributed by atoms with Crippen LogP contribution in [0.15, 0.2) is 24.3 Å². The molecule has 1 aromatic rings. The van der Waals surface area contributed by atoms with Crippen LogP contribution >= 0.6 is 0 Å². The van der Waals surface area contributed by atoms with Crippen LogP contribution < -0.4 is 4.74 Å². The van der Waals surface area contributed by atoms with Crippen LogP contribution in [0.4, 0.5) is 0 Å². The van der Waals surface area contributed by atoms with Crippen LogP contribution in [0.5, 0.6) is 5.75 Å². The highest BCUT2D eigenvalue weighted by Gasteiger charge is 2.23. The largest absolute Gasteiger partial charge is 0.490 e. The Labute approximate surface area is 120 Å². The Balaban J connectivity index is 1.97. The standard InChI is InChI=1S/C16H23NO3/c1-12(13-7-9-17(2)10-8-13)20-15-6-4-5-14(11-15)16(18)19-3/h4-6,11-13H,7-10H2,1-3H3. The maximum Gasteiger partial charge on any atom is 0.337 e. The lowest BCUT2D eigenvalue weighted by molar-refractivity contribution is 0.0598. The van der Waals surface area contributed by atoms with Crippen molar-refractivity contribution in [3.8, 4) is 5.75 Å². The third-order valence-corrected chi connectivity index (χ3v) is 4.00. The first-order valence-corrected chi connectivity index (χ1v) is 7.13. The summed E-state index contributed by atoms with van der Waals surface area (Å²) in [5.74, 6) is 0.981. The van der Waals surface area contributed by atoms with Crippen LogP contribution in [0.2, 0.25) is 0 Å². The highest BCUT2D eigenvalue weighted by Crippen LogP contribution is 2.24. The van der Waals surface area contributed by atoms with E-state index >= 15 is 0 Å². The van der Waals surface area contributed by atoms with Gasteiger partial charge in [0.25, 0.3) is 0 Å². The number of nitrogens with zero attached hydrogens (tertiary/aromatic N) is 1. The monoisotopic (exact) mass is 277 g/mol. The zero-order valence-corrected chi connectivity index (χ0v) is 12.5. The summed E-state index contributed by atoms with van der Waals surface area (Å²) in [6.07, 6.45) is 2.49. The number of benzene rings is 1. The molecular weight excluding hydrogens is 254 g/mol. The van der Waals surface area contributed by atoms with Crippen LogP contribution in [0.3, 0.4) is 0 Å². The van der Waals surface area contributed by atoms with Gasteiger partial charge in [0.15, 0.2) is 0 Å². The normalized spacial score (nSPS) is 18.6. The number of hydrogen-bond acceptors (Lipinski definition) is 4. The van der Waals surface area contributed by atoms with Gasteiger partial charge in [-0.05, 0) is 64.0 Å². The Morgan fingerprint density at radius 3 is 2.70 bits per heavy atom. The topological polar surface area (TPSA) is 38.8 Å². The molecule has 0 amide bonds. The first-order valence-electron chi connectivity index (χ1n) is 7.13. The molecule has 110 valence electrons. The van der Waals surface area contributed by atoms with E-state index in [2.05, 4.69) is 18.9 Å². The van der Waals surface area contributed by atoms with Crippen LogP contribution in [-0.2, 0) is 4.74 Å².